The topological polar surface area (TPSA) is 116 Å². The van der Waals surface area contributed by atoms with Crippen LogP contribution >= 0.6 is 0 Å². The van der Waals surface area contributed by atoms with Gasteiger partial charge in [0.2, 0.25) is 10.0 Å². The summed E-state index contributed by atoms with van der Waals surface area (Å²) < 4.78 is 93.7. The number of rotatable bonds is 5. The van der Waals surface area contributed by atoms with Gasteiger partial charge in [0.25, 0.3) is 10.0 Å². The van der Waals surface area contributed by atoms with Gasteiger partial charge in [0.05, 0.1) is 23.3 Å². The summed E-state index contributed by atoms with van der Waals surface area (Å²) in [6.07, 6.45) is -4.89. The van der Waals surface area contributed by atoms with E-state index >= 15 is 0 Å². The second kappa shape index (κ2) is 6.78. The predicted octanol–water partition coefficient (Wildman–Crippen LogP) is 2.16. The number of methoxy groups -OCH3 is 1. The molecule has 0 heterocycles. The maximum Gasteiger partial charge on any atom is 0.417 e. The lowest BCUT2D eigenvalue weighted by molar-refractivity contribution is -0.139. The Kier molecular flexibility index (Phi) is 5.21. The van der Waals surface area contributed by atoms with Crippen molar-refractivity contribution in [3.63, 3.8) is 0 Å². The zero-order chi connectivity index (χ0) is 19.8. The molecular weight excluding hydrogens is 397 g/mol. The van der Waals surface area contributed by atoms with Crippen molar-refractivity contribution < 1.29 is 34.7 Å². The number of primary sulfonamides is 1. The number of benzene rings is 2. The molecule has 26 heavy (non-hydrogen) atoms. The van der Waals surface area contributed by atoms with Crippen LogP contribution < -0.4 is 14.6 Å². The predicted molar refractivity (Wildman–Crippen MR) is 86.6 cm³/mol. The quantitative estimate of drug-likeness (QED) is 0.784. The lowest BCUT2D eigenvalue weighted by Crippen LogP contribution is -2.19. The van der Waals surface area contributed by atoms with E-state index < -0.39 is 41.6 Å². The van der Waals surface area contributed by atoms with Gasteiger partial charge in [-0.2, -0.15) is 13.2 Å². The molecule has 0 amide bonds. The summed E-state index contributed by atoms with van der Waals surface area (Å²) in [6, 6.07) is 6.69. The van der Waals surface area contributed by atoms with Crippen LogP contribution in [-0.4, -0.2) is 23.9 Å². The van der Waals surface area contributed by atoms with Crippen LogP contribution in [0.3, 0.4) is 0 Å². The first kappa shape index (κ1) is 20.0. The molecule has 12 heteroatoms. The second-order valence-corrected chi connectivity index (χ2v) is 8.19. The van der Waals surface area contributed by atoms with Crippen LogP contribution in [0.1, 0.15) is 5.56 Å². The Labute approximate surface area is 147 Å². The molecule has 2 aromatic rings. The van der Waals surface area contributed by atoms with Crippen molar-refractivity contribution in [3.8, 4) is 5.75 Å². The van der Waals surface area contributed by atoms with Gasteiger partial charge in [-0.05, 0) is 30.3 Å². The maximum absolute atomic E-state index is 13.0. The monoisotopic (exact) mass is 410 g/mol. The van der Waals surface area contributed by atoms with Crippen molar-refractivity contribution in [1.29, 1.82) is 0 Å². The first-order chi connectivity index (χ1) is 11.9. The van der Waals surface area contributed by atoms with Gasteiger partial charge in [-0.1, -0.05) is 12.1 Å². The molecule has 3 N–H and O–H groups in total. The van der Waals surface area contributed by atoms with Crippen molar-refractivity contribution in [2.75, 3.05) is 11.8 Å². The zero-order valence-corrected chi connectivity index (χ0v) is 14.7. The third-order valence-corrected chi connectivity index (χ3v) is 5.58. The van der Waals surface area contributed by atoms with Crippen LogP contribution in [0, 0.1) is 0 Å². The Balaban J connectivity index is 2.53. The van der Waals surface area contributed by atoms with Gasteiger partial charge < -0.3 is 4.74 Å². The van der Waals surface area contributed by atoms with E-state index in [9.17, 15) is 30.0 Å². The Morgan fingerprint density at radius 3 is 2.15 bits per heavy atom. The summed E-state index contributed by atoms with van der Waals surface area (Å²) in [5.74, 6) is -0.147. The number of hydrogen-bond acceptors (Lipinski definition) is 5. The molecule has 0 saturated heterocycles. The van der Waals surface area contributed by atoms with Gasteiger partial charge in [0.15, 0.2) is 0 Å². The van der Waals surface area contributed by atoms with Gasteiger partial charge in [-0.25, -0.2) is 22.0 Å². The second-order valence-electron chi connectivity index (χ2n) is 5.01. The molecule has 0 aliphatic rings. The van der Waals surface area contributed by atoms with E-state index in [1.54, 1.807) is 0 Å². The molecule has 0 saturated carbocycles. The summed E-state index contributed by atoms with van der Waals surface area (Å²) in [4.78, 5) is -1.52. The summed E-state index contributed by atoms with van der Waals surface area (Å²) in [5, 5.41) is 5.02. The number of nitrogens with one attached hydrogen (secondary N) is 1. The van der Waals surface area contributed by atoms with Crippen LogP contribution in [0.25, 0.3) is 0 Å². The number of sulfonamides is 2. The van der Waals surface area contributed by atoms with Gasteiger partial charge in [0.1, 0.15) is 10.6 Å². The maximum atomic E-state index is 13.0. The normalized spacial score (nSPS) is 12.7. The molecule has 0 radical (unpaired) electrons. The third-order valence-electron chi connectivity index (χ3n) is 3.20. The standard InChI is InChI=1S/C14H13F3N2O5S2/c1-24-11-7-6-9(8-13(11)25(18,20)21)19-26(22,23)12-5-3-2-4-10(12)14(15,16)17/h2-8,19H,1H3,(H2,18,20,21). The van der Waals surface area contributed by atoms with Crippen molar-refractivity contribution in [2.24, 2.45) is 5.14 Å². The molecular formula is C14H13F3N2O5S2. The first-order valence-corrected chi connectivity index (χ1v) is 9.79. The van der Waals surface area contributed by atoms with E-state index in [2.05, 4.69) is 0 Å². The Morgan fingerprint density at radius 2 is 1.62 bits per heavy atom. The first-order valence-electron chi connectivity index (χ1n) is 6.76. The fourth-order valence-electron chi connectivity index (χ4n) is 2.11. The molecule has 0 spiro atoms. The molecule has 142 valence electrons. The summed E-state index contributed by atoms with van der Waals surface area (Å²) >= 11 is 0. The fraction of sp³-hybridized carbons (Fsp3) is 0.143. The van der Waals surface area contributed by atoms with Crippen molar-refractivity contribution >= 4 is 25.7 Å². The minimum Gasteiger partial charge on any atom is -0.495 e. The average Bonchev–Trinajstić information content (AvgIpc) is 2.53. The number of alkyl halides is 3. The van der Waals surface area contributed by atoms with E-state index in [0.29, 0.717) is 6.07 Å². The Bertz CT molecular complexity index is 1030. The SMILES string of the molecule is COc1ccc(NS(=O)(=O)c2ccccc2C(F)(F)F)cc1S(N)(=O)=O. The van der Waals surface area contributed by atoms with E-state index in [1.165, 1.54) is 7.11 Å². The van der Waals surface area contributed by atoms with Gasteiger partial charge in [-0.3, -0.25) is 4.72 Å². The number of halogens is 3. The highest BCUT2D eigenvalue weighted by atomic mass is 32.2. The minimum atomic E-state index is -4.89. The molecule has 2 rings (SSSR count). The minimum absolute atomic E-state index is 0.147. The molecule has 0 unspecified atom stereocenters. The third kappa shape index (κ3) is 4.26. The highest BCUT2D eigenvalue weighted by Crippen LogP contribution is 2.35. The van der Waals surface area contributed by atoms with Crippen molar-refractivity contribution in [3.05, 3.63) is 48.0 Å². The highest BCUT2D eigenvalue weighted by Gasteiger charge is 2.37. The highest BCUT2D eigenvalue weighted by molar-refractivity contribution is 7.92. The largest absolute Gasteiger partial charge is 0.495 e. The zero-order valence-electron chi connectivity index (χ0n) is 13.1. The Hall–Kier alpha value is -2.31. The number of nitrogens with two attached hydrogens (primary N) is 1. The van der Waals surface area contributed by atoms with Crippen LogP contribution in [0.4, 0.5) is 18.9 Å². The molecule has 0 aliphatic carbocycles. The molecule has 0 fully saturated rings. The molecule has 0 aromatic heterocycles. The molecule has 0 bridgehead atoms. The van der Waals surface area contributed by atoms with Gasteiger partial charge in [-0.15, -0.1) is 0 Å². The van der Waals surface area contributed by atoms with E-state index in [4.69, 9.17) is 9.88 Å². The molecule has 0 aliphatic heterocycles. The van der Waals surface area contributed by atoms with E-state index in [1.807, 2.05) is 4.72 Å². The molecule has 2 aromatic carbocycles. The van der Waals surface area contributed by atoms with Crippen molar-refractivity contribution in [2.45, 2.75) is 16.0 Å². The van der Waals surface area contributed by atoms with E-state index in [-0.39, 0.29) is 11.4 Å². The van der Waals surface area contributed by atoms with Crippen LogP contribution in [-0.2, 0) is 26.2 Å². The van der Waals surface area contributed by atoms with Crippen LogP contribution in [0.5, 0.6) is 5.75 Å². The van der Waals surface area contributed by atoms with Gasteiger partial charge >= 0.3 is 6.18 Å². The summed E-state index contributed by atoms with van der Waals surface area (Å²) in [5.41, 5.74) is -1.65. The smallest absolute Gasteiger partial charge is 0.417 e. The summed E-state index contributed by atoms with van der Waals surface area (Å²) in [6.45, 7) is 0. The Morgan fingerprint density at radius 1 is 1.00 bits per heavy atom. The average molecular weight is 410 g/mol. The van der Waals surface area contributed by atoms with E-state index in [0.717, 1.165) is 36.4 Å². The number of hydrogen-bond donors (Lipinski definition) is 2. The number of anilines is 1. The van der Waals surface area contributed by atoms with Gasteiger partial charge in [0, 0.05) is 0 Å². The molecule has 7 nitrogen and oxygen atoms in total. The summed E-state index contributed by atoms with van der Waals surface area (Å²) in [7, 11) is -7.74. The van der Waals surface area contributed by atoms with Crippen molar-refractivity contribution in [1.82, 2.24) is 0 Å². The fourth-order valence-corrected chi connectivity index (χ4v) is 4.11. The lowest BCUT2D eigenvalue weighted by atomic mass is 10.2. The lowest BCUT2D eigenvalue weighted by Gasteiger charge is -2.15. The molecule has 0 atom stereocenters. The number of ether oxygens (including phenoxy) is 1. The van der Waals surface area contributed by atoms with Crippen LogP contribution in [0.2, 0.25) is 0 Å². The van der Waals surface area contributed by atoms with Crippen LogP contribution in [0.15, 0.2) is 52.3 Å².